The van der Waals surface area contributed by atoms with E-state index in [1.807, 2.05) is 64.1 Å². The zero-order chi connectivity index (χ0) is 27.7. The van der Waals surface area contributed by atoms with Crippen LogP contribution in [-0.4, -0.2) is 18.3 Å². The van der Waals surface area contributed by atoms with Crippen molar-refractivity contribution in [2.45, 2.75) is 38.9 Å². The SMILES string of the molecule is [2H]c1c([2H])c([2H])c2c(-c3ccc(-c4cccc(B5OC(C)(C)C(C)(C)O5)c4)cc3)c([2H])c([2H])c([2H])c2c1[2H]. The van der Waals surface area contributed by atoms with E-state index < -0.39 is 30.4 Å². The van der Waals surface area contributed by atoms with Gasteiger partial charge in [-0.15, -0.1) is 0 Å². The Bertz CT molecular complexity index is 1580. The fraction of sp³-hybridized carbons (Fsp3) is 0.214. The minimum Gasteiger partial charge on any atom is -0.399 e. The van der Waals surface area contributed by atoms with E-state index in [0.29, 0.717) is 5.56 Å². The number of benzene rings is 4. The van der Waals surface area contributed by atoms with Crippen molar-refractivity contribution in [1.29, 1.82) is 0 Å². The van der Waals surface area contributed by atoms with E-state index in [1.54, 1.807) is 12.1 Å². The van der Waals surface area contributed by atoms with E-state index in [4.69, 9.17) is 18.9 Å². The smallest absolute Gasteiger partial charge is 0.399 e. The Hall–Kier alpha value is -2.88. The molecule has 31 heavy (non-hydrogen) atoms. The number of hydrogen-bond acceptors (Lipinski definition) is 2. The van der Waals surface area contributed by atoms with Gasteiger partial charge in [-0.05, 0) is 66.2 Å². The molecule has 0 unspecified atom stereocenters. The van der Waals surface area contributed by atoms with Crippen molar-refractivity contribution in [1.82, 2.24) is 0 Å². The Balaban J connectivity index is 1.59. The molecule has 2 nitrogen and oxygen atoms in total. The van der Waals surface area contributed by atoms with Crippen molar-refractivity contribution in [3.63, 3.8) is 0 Å². The maximum absolute atomic E-state index is 8.56. The minimum atomic E-state index is -0.495. The van der Waals surface area contributed by atoms with Crippen LogP contribution in [0, 0.1) is 0 Å². The first kappa shape index (κ1) is 13.5. The van der Waals surface area contributed by atoms with E-state index in [1.165, 1.54) is 0 Å². The average molecular weight is 413 g/mol. The van der Waals surface area contributed by atoms with Crippen LogP contribution in [0.5, 0.6) is 0 Å². The van der Waals surface area contributed by atoms with E-state index in [-0.39, 0.29) is 46.5 Å². The molecule has 4 aromatic rings. The molecule has 1 saturated heterocycles. The quantitative estimate of drug-likeness (QED) is 0.358. The third-order valence-corrected chi connectivity index (χ3v) is 6.23. The zero-order valence-electron chi connectivity index (χ0n) is 25.0. The highest BCUT2D eigenvalue weighted by Crippen LogP contribution is 2.37. The molecule has 1 fully saturated rings. The van der Waals surface area contributed by atoms with Gasteiger partial charge in [-0.1, -0.05) is 90.8 Å². The summed E-state index contributed by atoms with van der Waals surface area (Å²) in [7, 11) is -0.495. The molecule has 0 amide bonds. The lowest BCUT2D eigenvalue weighted by Crippen LogP contribution is -2.41. The van der Waals surface area contributed by atoms with Crippen LogP contribution < -0.4 is 5.46 Å². The van der Waals surface area contributed by atoms with Gasteiger partial charge in [0.25, 0.3) is 0 Å². The highest BCUT2D eigenvalue weighted by Gasteiger charge is 2.51. The standard InChI is InChI=1S/C28H27BO2/c1-27(2)28(3,4)31-29(30-27)24-12-7-11-23(19-24)20-15-17-22(18-16-20)26-14-8-10-21-9-5-6-13-25(21)26/h5-19H,1-4H3/i5D,6D,8D,9D,10D,13D,14D. The van der Waals surface area contributed by atoms with Crippen LogP contribution in [-0.2, 0) is 9.31 Å². The van der Waals surface area contributed by atoms with Gasteiger partial charge in [0.1, 0.15) is 0 Å². The zero-order valence-corrected chi connectivity index (χ0v) is 18.0. The van der Waals surface area contributed by atoms with Crippen LogP contribution in [0.25, 0.3) is 33.0 Å². The Labute approximate surface area is 194 Å². The molecule has 0 saturated carbocycles. The van der Waals surface area contributed by atoms with Crippen molar-refractivity contribution in [3.8, 4) is 22.3 Å². The highest BCUT2D eigenvalue weighted by molar-refractivity contribution is 6.62. The van der Waals surface area contributed by atoms with Crippen LogP contribution in [0.2, 0.25) is 0 Å². The van der Waals surface area contributed by atoms with Gasteiger partial charge >= 0.3 is 7.12 Å². The molecule has 5 rings (SSSR count). The predicted octanol–water partition coefficient (Wildman–Crippen LogP) is 6.47. The summed E-state index contributed by atoms with van der Waals surface area (Å²) in [6.45, 7) is 8.04. The second kappa shape index (κ2) is 7.37. The largest absolute Gasteiger partial charge is 0.494 e. The molecule has 0 spiro atoms. The minimum absolute atomic E-state index is 0.0498. The number of fused-ring (bicyclic) bond motifs is 1. The number of hydrogen-bond donors (Lipinski definition) is 0. The van der Waals surface area contributed by atoms with Crippen LogP contribution in [0.15, 0.2) is 90.8 Å². The van der Waals surface area contributed by atoms with Gasteiger partial charge in [0, 0.05) is 0 Å². The normalized spacial score (nSPS) is 20.4. The first-order chi connectivity index (χ1) is 17.7. The maximum Gasteiger partial charge on any atom is 0.494 e. The van der Waals surface area contributed by atoms with E-state index in [2.05, 4.69) is 0 Å². The average Bonchev–Trinajstić information content (AvgIpc) is 3.11. The van der Waals surface area contributed by atoms with Gasteiger partial charge < -0.3 is 9.31 Å². The summed E-state index contributed by atoms with van der Waals surface area (Å²) in [4.78, 5) is 0. The van der Waals surface area contributed by atoms with Gasteiger partial charge in [-0.3, -0.25) is 0 Å². The van der Waals surface area contributed by atoms with Crippen molar-refractivity contribution < 1.29 is 18.9 Å². The third-order valence-electron chi connectivity index (χ3n) is 6.23. The van der Waals surface area contributed by atoms with Crippen LogP contribution in [0.3, 0.4) is 0 Å². The molecule has 0 bridgehead atoms. The monoisotopic (exact) mass is 413 g/mol. The fourth-order valence-corrected chi connectivity index (χ4v) is 3.70. The molecule has 1 aliphatic heterocycles. The molecule has 0 atom stereocenters. The van der Waals surface area contributed by atoms with Crippen LogP contribution >= 0.6 is 0 Å². The molecule has 0 aromatic heterocycles. The molecule has 0 radical (unpaired) electrons. The lowest BCUT2D eigenvalue weighted by Gasteiger charge is -2.32. The first-order valence-corrected chi connectivity index (χ1v) is 10.3. The predicted molar refractivity (Wildman–Crippen MR) is 131 cm³/mol. The molecule has 4 aromatic carbocycles. The van der Waals surface area contributed by atoms with Gasteiger partial charge in [0.2, 0.25) is 0 Å². The molecule has 1 aliphatic rings. The second-order valence-corrected chi connectivity index (χ2v) is 8.79. The second-order valence-electron chi connectivity index (χ2n) is 8.79. The van der Waals surface area contributed by atoms with Gasteiger partial charge in [0.15, 0.2) is 0 Å². The Morgan fingerprint density at radius 2 is 1.35 bits per heavy atom. The van der Waals surface area contributed by atoms with Gasteiger partial charge in [-0.2, -0.15) is 0 Å². The van der Waals surface area contributed by atoms with Crippen LogP contribution in [0.4, 0.5) is 0 Å². The van der Waals surface area contributed by atoms with Crippen molar-refractivity contribution in [3.05, 3.63) is 90.8 Å². The Morgan fingerprint density at radius 1 is 0.710 bits per heavy atom. The van der Waals surface area contributed by atoms with Crippen molar-refractivity contribution in [2.75, 3.05) is 0 Å². The summed E-state index contributed by atoms with van der Waals surface area (Å²) >= 11 is 0. The van der Waals surface area contributed by atoms with E-state index in [9.17, 15) is 0 Å². The van der Waals surface area contributed by atoms with E-state index >= 15 is 0 Å². The van der Waals surface area contributed by atoms with Crippen LogP contribution in [0.1, 0.15) is 37.3 Å². The molecule has 1 heterocycles. The van der Waals surface area contributed by atoms with Crippen molar-refractivity contribution in [2.24, 2.45) is 0 Å². The van der Waals surface area contributed by atoms with Crippen molar-refractivity contribution >= 4 is 23.4 Å². The lowest BCUT2D eigenvalue weighted by molar-refractivity contribution is 0.00578. The summed E-state index contributed by atoms with van der Waals surface area (Å²) < 4.78 is 70.5. The third kappa shape index (κ3) is 3.58. The summed E-state index contributed by atoms with van der Waals surface area (Å²) in [6.07, 6.45) is 0. The summed E-state index contributed by atoms with van der Waals surface area (Å²) in [5, 5.41) is 0.0312. The van der Waals surface area contributed by atoms with Gasteiger partial charge in [0.05, 0.1) is 20.8 Å². The highest BCUT2D eigenvalue weighted by atomic mass is 16.7. The molecular formula is C28H27BO2. The molecule has 3 heteroatoms. The Kier molecular flexibility index (Phi) is 3.21. The molecule has 0 aliphatic carbocycles. The van der Waals surface area contributed by atoms with Gasteiger partial charge in [-0.25, -0.2) is 0 Å². The molecule has 0 N–H and O–H groups in total. The summed E-state index contributed by atoms with van der Waals surface area (Å²) in [5.41, 5.74) is 2.57. The fourth-order valence-electron chi connectivity index (χ4n) is 3.70. The number of rotatable bonds is 3. The molecular weight excluding hydrogens is 379 g/mol. The Morgan fingerprint density at radius 3 is 2.10 bits per heavy atom. The van der Waals surface area contributed by atoms with E-state index in [0.717, 1.165) is 16.6 Å². The maximum atomic E-state index is 8.56. The molecule has 154 valence electrons. The summed E-state index contributed by atoms with van der Waals surface area (Å²) in [5.74, 6) is 0. The topological polar surface area (TPSA) is 18.5 Å². The first-order valence-electron chi connectivity index (χ1n) is 13.8. The summed E-state index contributed by atoms with van der Waals surface area (Å²) in [6, 6.07) is 12.6. The lowest BCUT2D eigenvalue weighted by atomic mass is 9.78.